The summed E-state index contributed by atoms with van der Waals surface area (Å²) in [5.74, 6) is 0.0604. The number of aromatic nitrogens is 2. The van der Waals surface area contributed by atoms with Crippen LogP contribution in [0.5, 0.6) is 0 Å². The van der Waals surface area contributed by atoms with Gasteiger partial charge in [-0.1, -0.05) is 18.7 Å². The highest BCUT2D eigenvalue weighted by Gasteiger charge is 2.04. The Bertz CT molecular complexity index is 633. The Balaban J connectivity index is 1.97. The van der Waals surface area contributed by atoms with E-state index in [4.69, 9.17) is 0 Å². The Labute approximate surface area is 124 Å². The molecule has 1 heterocycles. The van der Waals surface area contributed by atoms with Crippen molar-refractivity contribution in [3.8, 4) is 0 Å². The normalized spacial score (nSPS) is 10.2. The lowest BCUT2D eigenvalue weighted by molar-refractivity contribution is -0.128. The van der Waals surface area contributed by atoms with Crippen LogP contribution >= 0.6 is 0 Å². The molecule has 1 amide bonds. The summed E-state index contributed by atoms with van der Waals surface area (Å²) in [4.78, 5) is 13.0. The first-order valence-electron chi connectivity index (χ1n) is 6.78. The van der Waals surface area contributed by atoms with Crippen molar-refractivity contribution in [1.82, 2.24) is 14.7 Å². The predicted octanol–water partition coefficient (Wildman–Crippen LogP) is 2.57. The summed E-state index contributed by atoms with van der Waals surface area (Å²) in [6.45, 7) is 6.54. The van der Waals surface area contributed by atoms with Gasteiger partial charge in [-0.25, -0.2) is 4.68 Å². The summed E-state index contributed by atoms with van der Waals surface area (Å²) in [7, 11) is 1.80. The third-order valence-corrected chi connectivity index (χ3v) is 3.22. The SMILES string of the molecule is C=Cn1cc(CNc2cccc(CN(C)C(C)=O)c2)cn1. The second kappa shape index (κ2) is 6.74. The molecule has 0 aliphatic carbocycles. The van der Waals surface area contributed by atoms with Crippen molar-refractivity contribution in [3.05, 3.63) is 54.4 Å². The molecule has 0 radical (unpaired) electrons. The quantitative estimate of drug-likeness (QED) is 0.887. The van der Waals surface area contributed by atoms with Crippen molar-refractivity contribution in [2.45, 2.75) is 20.0 Å². The van der Waals surface area contributed by atoms with Gasteiger partial charge in [0.25, 0.3) is 0 Å². The van der Waals surface area contributed by atoms with Crippen LogP contribution in [0.1, 0.15) is 18.1 Å². The summed E-state index contributed by atoms with van der Waals surface area (Å²) in [5.41, 5.74) is 3.21. The van der Waals surface area contributed by atoms with Crippen LogP contribution in [0.15, 0.2) is 43.2 Å². The monoisotopic (exact) mass is 284 g/mol. The molecule has 1 aromatic heterocycles. The predicted molar refractivity (Wildman–Crippen MR) is 84.5 cm³/mol. The minimum absolute atomic E-state index is 0.0604. The summed E-state index contributed by atoms with van der Waals surface area (Å²) >= 11 is 0. The third kappa shape index (κ3) is 4.21. The van der Waals surface area contributed by atoms with Crippen LogP contribution in [-0.2, 0) is 17.9 Å². The Morgan fingerprint density at radius 2 is 2.29 bits per heavy atom. The number of carbonyl (C=O) groups excluding carboxylic acids is 1. The fourth-order valence-corrected chi connectivity index (χ4v) is 1.94. The van der Waals surface area contributed by atoms with E-state index in [9.17, 15) is 4.79 Å². The minimum atomic E-state index is 0.0604. The Morgan fingerprint density at radius 3 is 2.95 bits per heavy atom. The average Bonchev–Trinajstić information content (AvgIpc) is 2.93. The molecule has 5 nitrogen and oxygen atoms in total. The Kier molecular flexibility index (Phi) is 4.77. The van der Waals surface area contributed by atoms with Gasteiger partial charge in [0.05, 0.1) is 6.20 Å². The zero-order valence-corrected chi connectivity index (χ0v) is 12.4. The van der Waals surface area contributed by atoms with Crippen LogP contribution in [0.3, 0.4) is 0 Å². The van der Waals surface area contributed by atoms with E-state index in [1.165, 1.54) is 0 Å². The summed E-state index contributed by atoms with van der Waals surface area (Å²) in [6.07, 6.45) is 5.39. The van der Waals surface area contributed by atoms with Gasteiger partial charge in [-0.15, -0.1) is 0 Å². The molecule has 21 heavy (non-hydrogen) atoms. The maximum absolute atomic E-state index is 11.3. The number of nitrogens with zero attached hydrogens (tertiary/aromatic N) is 3. The molecule has 0 aliphatic heterocycles. The number of rotatable bonds is 6. The van der Waals surface area contributed by atoms with Crippen molar-refractivity contribution >= 4 is 17.8 Å². The number of carbonyl (C=O) groups is 1. The van der Waals surface area contributed by atoms with E-state index in [0.717, 1.165) is 16.8 Å². The lowest BCUT2D eigenvalue weighted by Gasteiger charge is -2.15. The first kappa shape index (κ1) is 14.8. The number of hydrogen-bond acceptors (Lipinski definition) is 3. The smallest absolute Gasteiger partial charge is 0.219 e. The molecule has 1 N–H and O–H groups in total. The van der Waals surface area contributed by atoms with Gasteiger partial charge in [-0.3, -0.25) is 4.79 Å². The van der Waals surface area contributed by atoms with Gasteiger partial charge in [0.1, 0.15) is 0 Å². The van der Waals surface area contributed by atoms with Gasteiger partial charge >= 0.3 is 0 Å². The van der Waals surface area contributed by atoms with Crippen LogP contribution in [-0.4, -0.2) is 27.6 Å². The van der Waals surface area contributed by atoms with E-state index in [-0.39, 0.29) is 5.91 Å². The molecule has 0 unspecified atom stereocenters. The zero-order valence-electron chi connectivity index (χ0n) is 12.4. The highest BCUT2D eigenvalue weighted by atomic mass is 16.2. The molecule has 0 bridgehead atoms. The van der Waals surface area contributed by atoms with Gasteiger partial charge in [-0.2, -0.15) is 5.10 Å². The lowest BCUT2D eigenvalue weighted by Crippen LogP contribution is -2.22. The largest absolute Gasteiger partial charge is 0.381 e. The Morgan fingerprint density at radius 1 is 1.48 bits per heavy atom. The van der Waals surface area contributed by atoms with Crippen LogP contribution < -0.4 is 5.32 Å². The van der Waals surface area contributed by atoms with Gasteiger partial charge in [-0.05, 0) is 17.7 Å². The van der Waals surface area contributed by atoms with Crippen molar-refractivity contribution < 1.29 is 4.79 Å². The molecule has 0 fully saturated rings. The maximum Gasteiger partial charge on any atom is 0.219 e. The van der Waals surface area contributed by atoms with Crippen LogP contribution in [0.2, 0.25) is 0 Å². The van der Waals surface area contributed by atoms with Crippen molar-refractivity contribution in [1.29, 1.82) is 0 Å². The number of hydrogen-bond donors (Lipinski definition) is 1. The molecular formula is C16H20N4O. The Hall–Kier alpha value is -2.56. The van der Waals surface area contributed by atoms with Gasteiger partial charge in [0.15, 0.2) is 0 Å². The molecular weight excluding hydrogens is 264 g/mol. The molecule has 1 aromatic carbocycles. The molecule has 0 aliphatic rings. The first-order chi connectivity index (χ1) is 10.1. The molecule has 5 heteroatoms. The number of amides is 1. The molecule has 0 saturated heterocycles. The van der Waals surface area contributed by atoms with E-state index in [1.807, 2.05) is 30.6 Å². The molecule has 0 spiro atoms. The van der Waals surface area contributed by atoms with Crippen molar-refractivity contribution in [2.24, 2.45) is 0 Å². The molecule has 110 valence electrons. The topological polar surface area (TPSA) is 50.2 Å². The molecule has 2 rings (SSSR count). The van der Waals surface area contributed by atoms with Crippen LogP contribution in [0, 0.1) is 0 Å². The van der Waals surface area contributed by atoms with Crippen LogP contribution in [0.25, 0.3) is 6.20 Å². The molecule has 2 aromatic rings. The van der Waals surface area contributed by atoms with Gasteiger partial charge in [0, 0.05) is 50.7 Å². The fraction of sp³-hybridized carbons (Fsp3) is 0.250. The second-order valence-corrected chi connectivity index (χ2v) is 4.94. The van der Waals surface area contributed by atoms with Crippen LogP contribution in [0.4, 0.5) is 5.69 Å². The standard InChI is InChI=1S/C16H20N4O/c1-4-20-12-15(10-18-20)9-17-16-7-5-6-14(8-16)11-19(3)13(2)21/h4-8,10,12,17H,1,9,11H2,2-3H3. The van der Waals surface area contributed by atoms with E-state index in [2.05, 4.69) is 23.1 Å². The fourth-order valence-electron chi connectivity index (χ4n) is 1.94. The summed E-state index contributed by atoms with van der Waals surface area (Å²) in [6, 6.07) is 8.06. The van der Waals surface area contributed by atoms with E-state index in [0.29, 0.717) is 13.1 Å². The number of benzene rings is 1. The highest BCUT2D eigenvalue weighted by Crippen LogP contribution is 2.13. The second-order valence-electron chi connectivity index (χ2n) is 4.94. The number of nitrogens with one attached hydrogen (secondary N) is 1. The zero-order chi connectivity index (χ0) is 15.2. The van der Waals surface area contributed by atoms with E-state index < -0.39 is 0 Å². The van der Waals surface area contributed by atoms with E-state index in [1.54, 1.807) is 29.8 Å². The lowest BCUT2D eigenvalue weighted by atomic mass is 10.2. The third-order valence-electron chi connectivity index (χ3n) is 3.22. The highest BCUT2D eigenvalue weighted by molar-refractivity contribution is 5.72. The summed E-state index contributed by atoms with van der Waals surface area (Å²) < 4.78 is 1.68. The number of anilines is 1. The minimum Gasteiger partial charge on any atom is -0.381 e. The summed E-state index contributed by atoms with van der Waals surface area (Å²) in [5, 5.41) is 7.49. The average molecular weight is 284 g/mol. The van der Waals surface area contributed by atoms with Crippen molar-refractivity contribution in [3.63, 3.8) is 0 Å². The maximum atomic E-state index is 11.3. The van der Waals surface area contributed by atoms with Gasteiger partial charge in [0.2, 0.25) is 5.91 Å². The molecule has 0 atom stereocenters. The first-order valence-corrected chi connectivity index (χ1v) is 6.78. The van der Waals surface area contributed by atoms with E-state index >= 15 is 0 Å². The van der Waals surface area contributed by atoms with Crippen molar-refractivity contribution in [2.75, 3.05) is 12.4 Å². The molecule has 0 saturated carbocycles. The van der Waals surface area contributed by atoms with Gasteiger partial charge < -0.3 is 10.2 Å².